The number of aryl methyl sites for hydroxylation is 2. The zero-order chi connectivity index (χ0) is 11.9. The fraction of sp³-hybridized carbons (Fsp3) is 0.200. The van der Waals surface area contributed by atoms with E-state index in [-0.39, 0.29) is 5.56 Å². The molecule has 0 aromatic carbocycles. The number of aromatic carboxylic acids is 1. The molecule has 2 rings (SSSR count). The van der Waals surface area contributed by atoms with Gasteiger partial charge in [0.05, 0.1) is 20.6 Å². The van der Waals surface area contributed by atoms with Crippen molar-refractivity contribution in [2.24, 2.45) is 7.05 Å². The third kappa shape index (κ3) is 1.72. The average Bonchev–Trinajstić information content (AvgIpc) is 2.69. The largest absolute Gasteiger partial charge is 0.478 e. The van der Waals surface area contributed by atoms with Crippen molar-refractivity contribution >= 4 is 28.9 Å². The third-order valence-corrected chi connectivity index (χ3v) is 3.48. The molecule has 0 unspecified atom stereocenters. The fourth-order valence-electron chi connectivity index (χ4n) is 1.64. The summed E-state index contributed by atoms with van der Waals surface area (Å²) in [6.07, 6.45) is 0. The highest BCUT2D eigenvalue weighted by molar-refractivity contribution is 7.19. The zero-order valence-electron chi connectivity index (χ0n) is 8.69. The molecule has 0 radical (unpaired) electrons. The van der Waals surface area contributed by atoms with E-state index in [1.165, 1.54) is 11.3 Å². The van der Waals surface area contributed by atoms with Crippen molar-refractivity contribution < 1.29 is 9.90 Å². The first kappa shape index (κ1) is 11.2. The number of rotatable bonds is 2. The SMILES string of the molecule is Cc1nn(C)c(-c2ccc(Cl)s2)c1C(=O)O. The van der Waals surface area contributed by atoms with E-state index in [2.05, 4.69) is 5.10 Å². The van der Waals surface area contributed by atoms with Crippen LogP contribution in [-0.4, -0.2) is 20.9 Å². The maximum absolute atomic E-state index is 11.2. The summed E-state index contributed by atoms with van der Waals surface area (Å²) in [6.45, 7) is 1.68. The van der Waals surface area contributed by atoms with Gasteiger partial charge in [0, 0.05) is 7.05 Å². The highest BCUT2D eigenvalue weighted by atomic mass is 35.5. The first-order valence-corrected chi connectivity index (χ1v) is 5.72. The van der Waals surface area contributed by atoms with Crippen LogP contribution in [0, 0.1) is 6.92 Å². The molecule has 0 saturated heterocycles. The van der Waals surface area contributed by atoms with Gasteiger partial charge < -0.3 is 5.11 Å². The Balaban J connectivity index is 2.68. The summed E-state index contributed by atoms with van der Waals surface area (Å²) in [5.74, 6) is -0.967. The number of nitrogens with zero attached hydrogens (tertiary/aromatic N) is 2. The lowest BCUT2D eigenvalue weighted by molar-refractivity contribution is 0.0697. The molecule has 2 heterocycles. The summed E-state index contributed by atoms with van der Waals surface area (Å²) in [6, 6.07) is 3.55. The number of carboxylic acids is 1. The Morgan fingerprint density at radius 1 is 1.56 bits per heavy atom. The van der Waals surface area contributed by atoms with Gasteiger partial charge in [-0.25, -0.2) is 4.79 Å². The standard InChI is InChI=1S/C10H9ClN2O2S/c1-5-8(10(14)15)9(13(2)12-5)6-3-4-7(11)16-6/h3-4H,1-2H3,(H,14,15). The van der Waals surface area contributed by atoms with Crippen molar-refractivity contribution in [2.75, 3.05) is 0 Å². The maximum atomic E-state index is 11.2. The average molecular weight is 257 g/mol. The summed E-state index contributed by atoms with van der Waals surface area (Å²) in [5, 5.41) is 13.3. The molecule has 0 bridgehead atoms. The Hall–Kier alpha value is -1.33. The monoisotopic (exact) mass is 256 g/mol. The molecule has 4 nitrogen and oxygen atoms in total. The molecular formula is C10H9ClN2O2S. The number of carbonyl (C=O) groups is 1. The molecule has 0 saturated carbocycles. The van der Waals surface area contributed by atoms with Crippen LogP contribution in [0.15, 0.2) is 12.1 Å². The van der Waals surface area contributed by atoms with Crippen LogP contribution in [0.4, 0.5) is 0 Å². The molecule has 0 atom stereocenters. The quantitative estimate of drug-likeness (QED) is 0.899. The molecule has 2 aromatic rings. The molecule has 16 heavy (non-hydrogen) atoms. The molecular weight excluding hydrogens is 248 g/mol. The Kier molecular flexibility index (Phi) is 2.73. The van der Waals surface area contributed by atoms with Crippen molar-refractivity contribution in [1.29, 1.82) is 0 Å². The number of hydrogen-bond acceptors (Lipinski definition) is 3. The van der Waals surface area contributed by atoms with Crippen LogP contribution in [-0.2, 0) is 7.05 Å². The van der Waals surface area contributed by atoms with Crippen LogP contribution in [0.3, 0.4) is 0 Å². The summed E-state index contributed by atoms with van der Waals surface area (Å²) in [5.41, 5.74) is 1.34. The minimum absolute atomic E-state index is 0.237. The Bertz CT molecular complexity index is 559. The number of halogens is 1. The van der Waals surface area contributed by atoms with Gasteiger partial charge in [-0.05, 0) is 19.1 Å². The second-order valence-electron chi connectivity index (χ2n) is 3.34. The normalized spacial score (nSPS) is 10.7. The van der Waals surface area contributed by atoms with Gasteiger partial charge in [-0.15, -0.1) is 11.3 Å². The first-order valence-electron chi connectivity index (χ1n) is 4.53. The van der Waals surface area contributed by atoms with Gasteiger partial charge in [-0.3, -0.25) is 4.68 Å². The second kappa shape index (κ2) is 3.92. The second-order valence-corrected chi connectivity index (χ2v) is 5.06. The van der Waals surface area contributed by atoms with E-state index in [4.69, 9.17) is 16.7 Å². The van der Waals surface area contributed by atoms with Gasteiger partial charge in [-0.2, -0.15) is 5.10 Å². The summed E-state index contributed by atoms with van der Waals surface area (Å²) >= 11 is 7.18. The molecule has 0 spiro atoms. The molecule has 2 aromatic heterocycles. The minimum Gasteiger partial charge on any atom is -0.478 e. The highest BCUT2D eigenvalue weighted by Gasteiger charge is 2.21. The van der Waals surface area contributed by atoms with Gasteiger partial charge >= 0.3 is 5.97 Å². The van der Waals surface area contributed by atoms with E-state index in [1.54, 1.807) is 30.8 Å². The lowest BCUT2D eigenvalue weighted by Gasteiger charge is -1.99. The van der Waals surface area contributed by atoms with Crippen molar-refractivity contribution in [1.82, 2.24) is 9.78 Å². The molecule has 1 N–H and O–H groups in total. The number of thiophene rings is 1. The van der Waals surface area contributed by atoms with Gasteiger partial charge in [-0.1, -0.05) is 11.6 Å². The van der Waals surface area contributed by atoms with E-state index >= 15 is 0 Å². The Morgan fingerprint density at radius 2 is 2.25 bits per heavy atom. The minimum atomic E-state index is -0.967. The van der Waals surface area contributed by atoms with Crippen LogP contribution in [0.25, 0.3) is 10.6 Å². The van der Waals surface area contributed by atoms with Crippen LogP contribution >= 0.6 is 22.9 Å². The first-order chi connectivity index (χ1) is 7.50. The third-order valence-electron chi connectivity index (χ3n) is 2.24. The Labute approximate surface area is 101 Å². The number of aromatic nitrogens is 2. The maximum Gasteiger partial charge on any atom is 0.339 e. The highest BCUT2D eigenvalue weighted by Crippen LogP contribution is 2.33. The van der Waals surface area contributed by atoms with E-state index in [0.29, 0.717) is 15.7 Å². The van der Waals surface area contributed by atoms with Gasteiger partial charge in [0.25, 0.3) is 0 Å². The zero-order valence-corrected chi connectivity index (χ0v) is 10.3. The van der Waals surface area contributed by atoms with E-state index in [9.17, 15) is 4.79 Å². The van der Waals surface area contributed by atoms with Crippen molar-refractivity contribution in [3.05, 3.63) is 27.7 Å². The number of carboxylic acid groups (broad SMARTS) is 1. The topological polar surface area (TPSA) is 55.1 Å². The number of hydrogen-bond donors (Lipinski definition) is 1. The lowest BCUT2D eigenvalue weighted by atomic mass is 10.1. The predicted molar refractivity (Wildman–Crippen MR) is 63.2 cm³/mol. The van der Waals surface area contributed by atoms with Crippen molar-refractivity contribution in [2.45, 2.75) is 6.92 Å². The van der Waals surface area contributed by atoms with Gasteiger partial charge in [0.15, 0.2) is 0 Å². The summed E-state index contributed by atoms with van der Waals surface area (Å²) in [4.78, 5) is 12.0. The van der Waals surface area contributed by atoms with Crippen LogP contribution in [0.2, 0.25) is 4.34 Å². The predicted octanol–water partition coefficient (Wildman–Crippen LogP) is 2.81. The summed E-state index contributed by atoms with van der Waals surface area (Å²) < 4.78 is 2.20. The summed E-state index contributed by atoms with van der Waals surface area (Å²) in [7, 11) is 1.72. The van der Waals surface area contributed by atoms with E-state index in [1.807, 2.05) is 0 Å². The molecule has 0 aliphatic rings. The molecule has 0 amide bonds. The molecule has 6 heteroatoms. The molecule has 0 aliphatic carbocycles. The van der Waals surface area contributed by atoms with Crippen LogP contribution < -0.4 is 0 Å². The van der Waals surface area contributed by atoms with Crippen LogP contribution in [0.1, 0.15) is 16.1 Å². The lowest BCUT2D eigenvalue weighted by Crippen LogP contribution is -2.00. The molecule has 0 fully saturated rings. The molecule has 84 valence electrons. The van der Waals surface area contributed by atoms with Gasteiger partial charge in [0.1, 0.15) is 5.56 Å². The fourth-order valence-corrected chi connectivity index (χ4v) is 2.76. The van der Waals surface area contributed by atoms with Crippen molar-refractivity contribution in [3.63, 3.8) is 0 Å². The van der Waals surface area contributed by atoms with E-state index < -0.39 is 5.97 Å². The smallest absolute Gasteiger partial charge is 0.339 e. The van der Waals surface area contributed by atoms with Gasteiger partial charge in [0.2, 0.25) is 0 Å². The molecule has 0 aliphatic heterocycles. The Morgan fingerprint density at radius 3 is 2.75 bits per heavy atom. The van der Waals surface area contributed by atoms with E-state index in [0.717, 1.165) is 4.88 Å². The van der Waals surface area contributed by atoms with Crippen LogP contribution in [0.5, 0.6) is 0 Å². The van der Waals surface area contributed by atoms with Crippen molar-refractivity contribution in [3.8, 4) is 10.6 Å².